The number of aryl methyl sites for hydroxylation is 1. The van der Waals surface area contributed by atoms with E-state index in [2.05, 4.69) is 27.9 Å². The second kappa shape index (κ2) is 6.93. The zero-order valence-corrected chi connectivity index (χ0v) is 13.7. The van der Waals surface area contributed by atoms with Crippen LogP contribution in [0.25, 0.3) is 11.0 Å². The van der Waals surface area contributed by atoms with Crippen LogP contribution in [0.2, 0.25) is 0 Å². The highest BCUT2D eigenvalue weighted by Crippen LogP contribution is 2.21. The lowest BCUT2D eigenvalue weighted by Crippen LogP contribution is -2.24. The molecule has 1 aromatic carbocycles. The molecule has 2 heterocycles. The van der Waals surface area contributed by atoms with E-state index in [9.17, 15) is 4.79 Å². The van der Waals surface area contributed by atoms with Gasteiger partial charge in [0.25, 0.3) is 0 Å². The number of aliphatic carboxylic acids is 1. The molecular weight excluding hydrogens is 310 g/mol. The number of hydrogen-bond acceptors (Lipinski definition) is 4. The summed E-state index contributed by atoms with van der Waals surface area (Å²) in [4.78, 5) is 15.8. The Morgan fingerprint density at radius 2 is 2.22 bits per heavy atom. The molecule has 0 aliphatic heterocycles. The molecule has 3 aromatic rings. The molecule has 23 heavy (non-hydrogen) atoms. The number of thiophene rings is 1. The van der Waals surface area contributed by atoms with Gasteiger partial charge in [-0.3, -0.25) is 4.79 Å². The maximum absolute atomic E-state index is 11.1. The zero-order valence-electron chi connectivity index (χ0n) is 12.9. The van der Waals surface area contributed by atoms with Gasteiger partial charge in [0.15, 0.2) is 0 Å². The van der Waals surface area contributed by atoms with Crippen molar-refractivity contribution in [2.24, 2.45) is 0 Å². The summed E-state index contributed by atoms with van der Waals surface area (Å²) in [5.41, 5.74) is 3.09. The summed E-state index contributed by atoms with van der Waals surface area (Å²) in [7, 11) is 0. The third kappa shape index (κ3) is 3.43. The van der Waals surface area contributed by atoms with Crippen LogP contribution in [0.4, 0.5) is 0 Å². The van der Waals surface area contributed by atoms with E-state index in [1.54, 1.807) is 11.3 Å². The number of nitrogens with zero attached hydrogens (tertiary/aromatic N) is 2. The summed E-state index contributed by atoms with van der Waals surface area (Å²) in [5, 5.41) is 16.4. The number of nitrogens with one attached hydrogen (secondary N) is 1. The highest BCUT2D eigenvalue weighted by Gasteiger charge is 2.17. The number of para-hydroxylation sites is 2. The van der Waals surface area contributed by atoms with Gasteiger partial charge in [-0.2, -0.15) is 11.3 Å². The van der Waals surface area contributed by atoms with Crippen molar-refractivity contribution in [1.29, 1.82) is 0 Å². The van der Waals surface area contributed by atoms with Gasteiger partial charge in [-0.05, 0) is 41.4 Å². The minimum Gasteiger partial charge on any atom is -0.481 e. The Kier molecular flexibility index (Phi) is 4.73. The summed E-state index contributed by atoms with van der Waals surface area (Å²) < 4.78 is 2.16. The van der Waals surface area contributed by atoms with Crippen molar-refractivity contribution in [1.82, 2.24) is 14.9 Å². The van der Waals surface area contributed by atoms with E-state index in [-0.39, 0.29) is 12.5 Å². The average Bonchev–Trinajstić information content (AvgIpc) is 3.18. The predicted octanol–water partition coefficient (Wildman–Crippen LogP) is 3.42. The fourth-order valence-corrected chi connectivity index (χ4v) is 3.50. The molecule has 0 spiro atoms. The normalized spacial score (nSPS) is 12.6. The summed E-state index contributed by atoms with van der Waals surface area (Å²) in [6.45, 7) is 3.46. The minimum absolute atomic E-state index is 0.0586. The fraction of sp³-hybridized carbons (Fsp3) is 0.294. The third-order valence-corrected chi connectivity index (χ3v) is 4.58. The van der Waals surface area contributed by atoms with Gasteiger partial charge in [0.1, 0.15) is 5.82 Å². The predicted molar refractivity (Wildman–Crippen MR) is 91.6 cm³/mol. The van der Waals surface area contributed by atoms with Crippen LogP contribution in [-0.2, 0) is 17.9 Å². The van der Waals surface area contributed by atoms with E-state index in [1.165, 1.54) is 0 Å². The molecular formula is C17H19N3O2S. The van der Waals surface area contributed by atoms with Crippen LogP contribution in [0, 0.1) is 0 Å². The molecule has 2 aromatic heterocycles. The van der Waals surface area contributed by atoms with Gasteiger partial charge < -0.3 is 15.0 Å². The number of aromatic nitrogens is 2. The number of fused-ring (bicyclic) bond motifs is 1. The lowest BCUT2D eigenvalue weighted by atomic mass is 10.1. The van der Waals surface area contributed by atoms with E-state index < -0.39 is 5.97 Å². The Hall–Kier alpha value is -2.18. The zero-order chi connectivity index (χ0) is 16.2. The van der Waals surface area contributed by atoms with Crippen molar-refractivity contribution in [3.63, 3.8) is 0 Å². The molecule has 120 valence electrons. The quantitative estimate of drug-likeness (QED) is 0.697. The summed E-state index contributed by atoms with van der Waals surface area (Å²) >= 11 is 1.57. The van der Waals surface area contributed by atoms with Gasteiger partial charge in [-0.15, -0.1) is 0 Å². The van der Waals surface area contributed by atoms with Crippen LogP contribution < -0.4 is 5.32 Å². The van der Waals surface area contributed by atoms with E-state index in [0.29, 0.717) is 6.54 Å². The lowest BCUT2D eigenvalue weighted by molar-refractivity contribution is -0.137. The van der Waals surface area contributed by atoms with Crippen LogP contribution in [0.5, 0.6) is 0 Å². The molecule has 0 radical (unpaired) electrons. The molecule has 0 bridgehead atoms. The number of carboxylic acid groups (broad SMARTS) is 1. The fourth-order valence-electron chi connectivity index (χ4n) is 2.78. The molecule has 3 rings (SSSR count). The van der Waals surface area contributed by atoms with Crippen molar-refractivity contribution in [3.8, 4) is 0 Å². The van der Waals surface area contributed by atoms with Crippen LogP contribution in [0.1, 0.15) is 30.8 Å². The van der Waals surface area contributed by atoms with Crippen molar-refractivity contribution in [2.45, 2.75) is 32.5 Å². The Morgan fingerprint density at radius 1 is 1.39 bits per heavy atom. The molecule has 6 heteroatoms. The molecule has 0 fully saturated rings. The van der Waals surface area contributed by atoms with Crippen molar-refractivity contribution >= 4 is 28.3 Å². The van der Waals surface area contributed by atoms with Crippen LogP contribution in [0.15, 0.2) is 41.1 Å². The van der Waals surface area contributed by atoms with Crippen molar-refractivity contribution in [2.75, 3.05) is 0 Å². The maximum Gasteiger partial charge on any atom is 0.305 e. The van der Waals surface area contributed by atoms with Gasteiger partial charge >= 0.3 is 5.97 Å². The highest BCUT2D eigenvalue weighted by atomic mass is 32.1. The summed E-state index contributed by atoms with van der Waals surface area (Å²) in [5.74, 6) is 0.122. The second-order valence-electron chi connectivity index (χ2n) is 5.35. The first-order valence-electron chi connectivity index (χ1n) is 7.60. The molecule has 0 saturated heterocycles. The molecule has 0 amide bonds. The molecule has 1 atom stereocenters. The maximum atomic E-state index is 11.1. The number of carboxylic acids is 1. The molecule has 2 N–H and O–H groups in total. The van der Waals surface area contributed by atoms with Gasteiger partial charge in [0.2, 0.25) is 0 Å². The lowest BCUT2D eigenvalue weighted by Gasteiger charge is -2.16. The highest BCUT2D eigenvalue weighted by molar-refractivity contribution is 7.07. The van der Waals surface area contributed by atoms with E-state index >= 15 is 0 Å². The van der Waals surface area contributed by atoms with E-state index in [1.807, 2.05) is 35.0 Å². The number of imidazole rings is 1. The van der Waals surface area contributed by atoms with E-state index in [4.69, 9.17) is 5.11 Å². The summed E-state index contributed by atoms with van der Waals surface area (Å²) in [6.07, 6.45) is 0.0586. The summed E-state index contributed by atoms with van der Waals surface area (Å²) in [6, 6.07) is 9.80. The first-order valence-corrected chi connectivity index (χ1v) is 8.54. The Morgan fingerprint density at radius 3 is 2.91 bits per heavy atom. The number of carbonyl (C=O) groups is 1. The molecule has 0 unspecified atom stereocenters. The topological polar surface area (TPSA) is 67.2 Å². The van der Waals surface area contributed by atoms with Gasteiger partial charge in [0, 0.05) is 12.6 Å². The van der Waals surface area contributed by atoms with Gasteiger partial charge in [-0.25, -0.2) is 4.98 Å². The van der Waals surface area contributed by atoms with Gasteiger partial charge in [0.05, 0.1) is 24.0 Å². The Balaban J connectivity index is 1.82. The first kappa shape index (κ1) is 15.7. The Bertz CT molecular complexity index is 795. The van der Waals surface area contributed by atoms with Crippen LogP contribution in [0.3, 0.4) is 0 Å². The molecule has 0 aliphatic rings. The molecule has 5 nitrogen and oxygen atoms in total. The smallest absolute Gasteiger partial charge is 0.305 e. The molecule has 0 saturated carbocycles. The number of hydrogen-bond donors (Lipinski definition) is 2. The SMILES string of the molecule is CCn1c(CN[C@H](CC(=O)O)c2ccsc2)nc2ccccc21. The number of benzene rings is 1. The Labute approximate surface area is 138 Å². The number of rotatable bonds is 7. The largest absolute Gasteiger partial charge is 0.481 e. The molecule has 0 aliphatic carbocycles. The average molecular weight is 329 g/mol. The van der Waals surface area contributed by atoms with Crippen molar-refractivity contribution < 1.29 is 9.90 Å². The first-order chi connectivity index (χ1) is 11.2. The third-order valence-electron chi connectivity index (χ3n) is 3.88. The monoisotopic (exact) mass is 329 g/mol. The minimum atomic E-state index is -0.808. The standard InChI is InChI=1S/C17H19N3O2S/c1-2-20-15-6-4-3-5-13(15)19-16(20)10-18-14(9-17(21)22)12-7-8-23-11-12/h3-8,11,14,18H,2,9-10H2,1H3,(H,21,22)/t14-/m1/s1. The van der Waals surface area contributed by atoms with Crippen LogP contribution >= 0.6 is 11.3 Å². The van der Waals surface area contributed by atoms with E-state index in [0.717, 1.165) is 29.0 Å². The van der Waals surface area contributed by atoms with Crippen molar-refractivity contribution in [3.05, 3.63) is 52.5 Å². The van der Waals surface area contributed by atoms with Crippen LogP contribution in [-0.4, -0.2) is 20.6 Å². The van der Waals surface area contributed by atoms with Gasteiger partial charge in [-0.1, -0.05) is 12.1 Å². The second-order valence-corrected chi connectivity index (χ2v) is 6.13.